The number of carbonyl (C=O) groups excluding carboxylic acids is 1. The lowest BCUT2D eigenvalue weighted by atomic mass is 10.2. The number of benzene rings is 2. The van der Waals surface area contributed by atoms with Crippen LogP contribution in [0.3, 0.4) is 0 Å². The van der Waals surface area contributed by atoms with Crippen molar-refractivity contribution in [1.29, 1.82) is 0 Å². The first-order valence-corrected chi connectivity index (χ1v) is 11.2. The van der Waals surface area contributed by atoms with Crippen LogP contribution in [0.25, 0.3) is 0 Å². The van der Waals surface area contributed by atoms with E-state index in [9.17, 15) is 13.2 Å². The molecule has 30 heavy (non-hydrogen) atoms. The number of hydrogen-bond donors (Lipinski definition) is 1. The Morgan fingerprint density at radius 2 is 1.77 bits per heavy atom. The molecule has 2 aromatic carbocycles. The Morgan fingerprint density at radius 3 is 2.40 bits per heavy atom. The van der Waals surface area contributed by atoms with Crippen molar-refractivity contribution in [3.8, 4) is 0 Å². The van der Waals surface area contributed by atoms with Gasteiger partial charge in [-0.2, -0.15) is 0 Å². The fourth-order valence-electron chi connectivity index (χ4n) is 2.67. The number of halogens is 2. The van der Waals surface area contributed by atoms with Crippen molar-refractivity contribution >= 4 is 44.8 Å². The molecule has 1 N–H and O–H groups in total. The predicted octanol–water partition coefficient (Wildman–Crippen LogP) is 4.21. The maximum Gasteiger partial charge on any atom is 0.264 e. The Labute approximate surface area is 185 Å². The molecular formula is C21H19Cl2N3O3S. The number of carbonyl (C=O) groups is 1. The van der Waals surface area contributed by atoms with Crippen molar-refractivity contribution in [2.24, 2.45) is 0 Å². The van der Waals surface area contributed by atoms with Gasteiger partial charge in [0.25, 0.3) is 10.0 Å². The summed E-state index contributed by atoms with van der Waals surface area (Å²) < 4.78 is 27.6. The zero-order chi connectivity index (χ0) is 21.7. The number of amides is 1. The van der Waals surface area contributed by atoms with Crippen molar-refractivity contribution in [3.05, 3.63) is 88.2 Å². The van der Waals surface area contributed by atoms with Crippen LogP contribution in [0.2, 0.25) is 10.0 Å². The second kappa shape index (κ2) is 9.47. The van der Waals surface area contributed by atoms with Gasteiger partial charge in [0, 0.05) is 6.20 Å². The Morgan fingerprint density at radius 1 is 1.03 bits per heavy atom. The minimum atomic E-state index is -4.02. The highest BCUT2D eigenvalue weighted by molar-refractivity contribution is 7.92. The van der Waals surface area contributed by atoms with Gasteiger partial charge < -0.3 is 5.32 Å². The third-order valence-electron chi connectivity index (χ3n) is 4.28. The Kier molecular flexibility index (Phi) is 6.97. The summed E-state index contributed by atoms with van der Waals surface area (Å²) in [5, 5.41) is 3.16. The van der Waals surface area contributed by atoms with Gasteiger partial charge in [0.05, 0.1) is 32.9 Å². The van der Waals surface area contributed by atoms with Crippen LogP contribution in [-0.2, 0) is 21.4 Å². The number of aryl methyl sites for hydroxylation is 1. The first-order chi connectivity index (χ1) is 14.3. The van der Waals surface area contributed by atoms with E-state index in [4.69, 9.17) is 23.2 Å². The fraction of sp³-hybridized carbons (Fsp3) is 0.143. The van der Waals surface area contributed by atoms with Gasteiger partial charge in [-0.25, -0.2) is 8.42 Å². The minimum Gasteiger partial charge on any atom is -0.349 e. The van der Waals surface area contributed by atoms with E-state index in [0.717, 1.165) is 9.87 Å². The van der Waals surface area contributed by atoms with Crippen LogP contribution in [0, 0.1) is 6.92 Å². The lowest BCUT2D eigenvalue weighted by Gasteiger charge is -2.24. The molecule has 0 aliphatic carbocycles. The number of nitrogens with one attached hydrogen (secondary N) is 1. The molecule has 6 nitrogen and oxygen atoms in total. The molecule has 0 radical (unpaired) electrons. The summed E-state index contributed by atoms with van der Waals surface area (Å²) in [6.07, 6.45) is 1.62. The van der Waals surface area contributed by atoms with E-state index in [1.54, 1.807) is 36.5 Å². The van der Waals surface area contributed by atoms with E-state index in [0.29, 0.717) is 5.69 Å². The lowest BCUT2D eigenvalue weighted by Crippen LogP contribution is -2.40. The molecule has 0 fully saturated rings. The number of pyridine rings is 1. The summed E-state index contributed by atoms with van der Waals surface area (Å²) in [4.78, 5) is 16.8. The van der Waals surface area contributed by atoms with E-state index in [2.05, 4.69) is 10.3 Å². The van der Waals surface area contributed by atoms with Crippen LogP contribution in [-0.4, -0.2) is 25.9 Å². The third kappa shape index (κ3) is 5.30. The molecular weight excluding hydrogens is 445 g/mol. The molecule has 156 valence electrons. The van der Waals surface area contributed by atoms with Crippen LogP contribution in [0.5, 0.6) is 0 Å². The molecule has 0 bridgehead atoms. The second-order valence-corrected chi connectivity index (χ2v) is 9.20. The lowest BCUT2D eigenvalue weighted by molar-refractivity contribution is -0.119. The van der Waals surface area contributed by atoms with Crippen molar-refractivity contribution in [3.63, 3.8) is 0 Å². The molecule has 3 rings (SSSR count). The minimum absolute atomic E-state index is 0.0664. The highest BCUT2D eigenvalue weighted by Gasteiger charge is 2.27. The van der Waals surface area contributed by atoms with E-state index in [1.165, 1.54) is 30.3 Å². The van der Waals surface area contributed by atoms with E-state index in [-0.39, 0.29) is 27.2 Å². The van der Waals surface area contributed by atoms with E-state index < -0.39 is 22.5 Å². The van der Waals surface area contributed by atoms with Crippen LogP contribution in [0.15, 0.2) is 71.8 Å². The smallest absolute Gasteiger partial charge is 0.264 e. The zero-order valence-electron chi connectivity index (χ0n) is 16.0. The van der Waals surface area contributed by atoms with Gasteiger partial charge in [0.1, 0.15) is 6.54 Å². The summed E-state index contributed by atoms with van der Waals surface area (Å²) in [7, 11) is -4.02. The first-order valence-electron chi connectivity index (χ1n) is 8.98. The number of hydrogen-bond acceptors (Lipinski definition) is 4. The number of nitrogens with zero attached hydrogens (tertiary/aromatic N) is 2. The van der Waals surface area contributed by atoms with Gasteiger partial charge in [0.15, 0.2) is 0 Å². The summed E-state index contributed by atoms with van der Waals surface area (Å²) in [5.41, 5.74) is 1.81. The Bertz CT molecular complexity index is 1140. The predicted molar refractivity (Wildman–Crippen MR) is 118 cm³/mol. The molecule has 0 atom stereocenters. The van der Waals surface area contributed by atoms with Crippen molar-refractivity contribution in [2.45, 2.75) is 18.4 Å². The molecule has 1 amide bonds. The van der Waals surface area contributed by atoms with Crippen molar-refractivity contribution in [1.82, 2.24) is 10.3 Å². The number of anilines is 1. The highest BCUT2D eigenvalue weighted by Crippen LogP contribution is 2.30. The van der Waals surface area contributed by atoms with E-state index >= 15 is 0 Å². The maximum atomic E-state index is 13.3. The molecule has 1 heterocycles. The van der Waals surface area contributed by atoms with Crippen LogP contribution in [0.4, 0.5) is 5.69 Å². The van der Waals surface area contributed by atoms with Crippen LogP contribution < -0.4 is 9.62 Å². The molecule has 0 unspecified atom stereocenters. The number of sulfonamides is 1. The second-order valence-electron chi connectivity index (χ2n) is 6.52. The van der Waals surface area contributed by atoms with Gasteiger partial charge in [-0.15, -0.1) is 0 Å². The van der Waals surface area contributed by atoms with Crippen molar-refractivity contribution in [2.75, 3.05) is 10.8 Å². The molecule has 0 aliphatic rings. The molecule has 1 aromatic heterocycles. The highest BCUT2D eigenvalue weighted by atomic mass is 35.5. The summed E-state index contributed by atoms with van der Waals surface area (Å²) in [5.74, 6) is -0.484. The largest absolute Gasteiger partial charge is 0.349 e. The normalized spacial score (nSPS) is 11.2. The average Bonchev–Trinajstić information content (AvgIpc) is 2.73. The standard InChI is InChI=1S/C21H19Cl2N3O3S/c1-15-5-8-18(9-6-15)30(28,29)26(17-7-10-19(22)20(23)12-17)14-21(27)25-13-16-4-2-3-11-24-16/h2-12H,13-14H2,1H3,(H,25,27). The number of rotatable bonds is 7. The maximum absolute atomic E-state index is 13.3. The monoisotopic (exact) mass is 463 g/mol. The quantitative estimate of drug-likeness (QED) is 0.568. The average molecular weight is 464 g/mol. The third-order valence-corrected chi connectivity index (χ3v) is 6.81. The van der Waals surface area contributed by atoms with Gasteiger partial charge in [0.2, 0.25) is 5.91 Å². The van der Waals surface area contributed by atoms with Gasteiger partial charge >= 0.3 is 0 Å². The fourth-order valence-corrected chi connectivity index (χ4v) is 4.38. The first kappa shape index (κ1) is 22.1. The van der Waals surface area contributed by atoms with E-state index in [1.807, 2.05) is 6.92 Å². The molecule has 3 aromatic rings. The van der Waals surface area contributed by atoms with Crippen LogP contribution in [0.1, 0.15) is 11.3 Å². The molecule has 0 saturated heterocycles. The summed E-state index contributed by atoms with van der Waals surface area (Å²) >= 11 is 12.1. The summed E-state index contributed by atoms with van der Waals surface area (Å²) in [6, 6.07) is 16.1. The summed E-state index contributed by atoms with van der Waals surface area (Å²) in [6.45, 7) is 1.61. The molecule has 0 saturated carbocycles. The van der Waals surface area contributed by atoms with Crippen molar-refractivity contribution < 1.29 is 13.2 Å². The topological polar surface area (TPSA) is 79.4 Å². The van der Waals surface area contributed by atoms with Gasteiger partial charge in [-0.05, 0) is 49.4 Å². The Hall–Kier alpha value is -2.61. The Balaban J connectivity index is 1.90. The van der Waals surface area contributed by atoms with Gasteiger partial charge in [-0.1, -0.05) is 47.0 Å². The molecule has 0 spiro atoms. The zero-order valence-corrected chi connectivity index (χ0v) is 18.4. The van der Waals surface area contributed by atoms with Gasteiger partial charge in [-0.3, -0.25) is 14.1 Å². The molecule has 0 aliphatic heterocycles. The molecule has 9 heteroatoms. The number of aromatic nitrogens is 1. The SMILES string of the molecule is Cc1ccc(S(=O)(=O)N(CC(=O)NCc2ccccn2)c2ccc(Cl)c(Cl)c2)cc1. The van der Waals surface area contributed by atoms with Crippen LogP contribution >= 0.6 is 23.2 Å².